The Balaban J connectivity index is 1.70. The molecule has 128 valence electrons. The average Bonchev–Trinajstić information content (AvgIpc) is 3.20. The van der Waals surface area contributed by atoms with E-state index in [0.717, 1.165) is 25.3 Å². The number of carbonyl (C=O) groups is 1. The molecule has 1 aromatic heterocycles. The van der Waals surface area contributed by atoms with Gasteiger partial charge in [-0.25, -0.2) is 0 Å². The van der Waals surface area contributed by atoms with Crippen LogP contribution in [-0.4, -0.2) is 17.4 Å². The Bertz CT molecular complexity index is 721. The van der Waals surface area contributed by atoms with E-state index in [9.17, 15) is 4.79 Å². The number of hydrogen-bond acceptors (Lipinski definition) is 4. The molecule has 0 saturated carbocycles. The maximum Gasteiger partial charge on any atom is 0.258 e. The van der Waals surface area contributed by atoms with Crippen molar-refractivity contribution in [3.63, 3.8) is 0 Å². The summed E-state index contributed by atoms with van der Waals surface area (Å²) in [4.78, 5) is 14.8. The summed E-state index contributed by atoms with van der Waals surface area (Å²) in [5.41, 5.74) is 9.43. The molecule has 0 saturated heterocycles. The standard InChI is InChI=1S/C19H25N3O2/c1-13(2)6-7-22-10-14-4-3-5-18(17(14)11-22)21-19(23)15-8-16(9-20)24-12-15/h3-5,8,12-13H,6-7,9-11,20H2,1-2H3,(H,21,23). The van der Waals surface area contributed by atoms with Gasteiger partial charge in [0.1, 0.15) is 12.0 Å². The fourth-order valence-electron chi connectivity index (χ4n) is 3.01. The number of carbonyl (C=O) groups excluding carboxylic acids is 1. The van der Waals surface area contributed by atoms with E-state index in [1.165, 1.54) is 23.8 Å². The summed E-state index contributed by atoms with van der Waals surface area (Å²) in [5.74, 6) is 1.15. The fraction of sp³-hybridized carbons (Fsp3) is 0.421. The topological polar surface area (TPSA) is 71.5 Å². The van der Waals surface area contributed by atoms with E-state index >= 15 is 0 Å². The van der Waals surface area contributed by atoms with Gasteiger partial charge >= 0.3 is 0 Å². The van der Waals surface area contributed by atoms with Crippen LogP contribution in [0, 0.1) is 5.92 Å². The number of fused-ring (bicyclic) bond motifs is 1. The van der Waals surface area contributed by atoms with Crippen LogP contribution in [0.4, 0.5) is 5.69 Å². The third-order valence-corrected chi connectivity index (χ3v) is 4.44. The molecule has 5 nitrogen and oxygen atoms in total. The van der Waals surface area contributed by atoms with E-state index in [-0.39, 0.29) is 5.91 Å². The van der Waals surface area contributed by atoms with Gasteiger partial charge in [0.2, 0.25) is 0 Å². The second-order valence-corrected chi connectivity index (χ2v) is 6.80. The predicted octanol–water partition coefficient (Wildman–Crippen LogP) is 3.35. The van der Waals surface area contributed by atoms with Gasteiger partial charge in [-0.15, -0.1) is 0 Å². The number of nitrogens with one attached hydrogen (secondary N) is 1. The lowest BCUT2D eigenvalue weighted by Gasteiger charge is -2.16. The zero-order valence-electron chi connectivity index (χ0n) is 14.3. The summed E-state index contributed by atoms with van der Waals surface area (Å²) >= 11 is 0. The Labute approximate surface area is 142 Å². The number of furan rings is 1. The summed E-state index contributed by atoms with van der Waals surface area (Å²) in [6.07, 6.45) is 2.64. The second-order valence-electron chi connectivity index (χ2n) is 6.80. The maximum absolute atomic E-state index is 12.4. The summed E-state index contributed by atoms with van der Waals surface area (Å²) < 4.78 is 5.24. The van der Waals surface area contributed by atoms with Crippen molar-refractivity contribution in [2.24, 2.45) is 11.7 Å². The molecule has 1 aromatic carbocycles. The summed E-state index contributed by atoms with van der Waals surface area (Å²) in [7, 11) is 0. The van der Waals surface area contributed by atoms with Gasteiger partial charge in [0.05, 0.1) is 12.1 Å². The van der Waals surface area contributed by atoms with Crippen LogP contribution in [0.1, 0.15) is 47.5 Å². The largest absolute Gasteiger partial charge is 0.467 e. The lowest BCUT2D eigenvalue weighted by Crippen LogP contribution is -2.19. The molecule has 0 aliphatic carbocycles. The van der Waals surface area contributed by atoms with Crippen molar-refractivity contribution in [2.45, 2.75) is 39.9 Å². The summed E-state index contributed by atoms with van der Waals surface area (Å²) in [5, 5.41) is 3.02. The molecule has 2 heterocycles. The molecule has 24 heavy (non-hydrogen) atoms. The molecular weight excluding hydrogens is 302 g/mol. The van der Waals surface area contributed by atoms with E-state index in [4.69, 9.17) is 10.2 Å². The fourth-order valence-corrected chi connectivity index (χ4v) is 3.01. The van der Waals surface area contributed by atoms with Crippen LogP contribution in [0.3, 0.4) is 0 Å². The third-order valence-electron chi connectivity index (χ3n) is 4.44. The molecule has 0 bridgehead atoms. The number of nitrogens with two attached hydrogens (primary N) is 1. The molecule has 0 radical (unpaired) electrons. The van der Waals surface area contributed by atoms with E-state index in [1.807, 2.05) is 12.1 Å². The van der Waals surface area contributed by atoms with Crippen molar-refractivity contribution in [3.8, 4) is 0 Å². The number of nitrogens with zero attached hydrogens (tertiary/aromatic N) is 1. The highest BCUT2D eigenvalue weighted by atomic mass is 16.3. The molecule has 1 aliphatic rings. The van der Waals surface area contributed by atoms with Gasteiger partial charge in [-0.1, -0.05) is 26.0 Å². The van der Waals surface area contributed by atoms with Crippen molar-refractivity contribution < 1.29 is 9.21 Å². The molecule has 5 heteroatoms. The first kappa shape index (κ1) is 16.7. The quantitative estimate of drug-likeness (QED) is 0.853. The molecule has 3 rings (SSSR count). The van der Waals surface area contributed by atoms with Gasteiger partial charge in [-0.2, -0.15) is 0 Å². The van der Waals surface area contributed by atoms with E-state index in [1.54, 1.807) is 6.07 Å². The Morgan fingerprint density at radius 2 is 2.21 bits per heavy atom. The van der Waals surface area contributed by atoms with Gasteiger partial charge < -0.3 is 15.5 Å². The minimum atomic E-state index is -0.160. The molecule has 0 unspecified atom stereocenters. The van der Waals surface area contributed by atoms with Crippen molar-refractivity contribution in [1.29, 1.82) is 0 Å². The van der Waals surface area contributed by atoms with Crippen molar-refractivity contribution in [3.05, 3.63) is 53.0 Å². The van der Waals surface area contributed by atoms with Crippen molar-refractivity contribution in [2.75, 3.05) is 11.9 Å². The van der Waals surface area contributed by atoms with Gasteiger partial charge in [0, 0.05) is 18.8 Å². The van der Waals surface area contributed by atoms with Crippen LogP contribution in [0.25, 0.3) is 0 Å². The zero-order valence-corrected chi connectivity index (χ0v) is 14.3. The molecular formula is C19H25N3O2. The van der Waals surface area contributed by atoms with Crippen molar-refractivity contribution >= 4 is 11.6 Å². The first-order chi connectivity index (χ1) is 11.6. The van der Waals surface area contributed by atoms with Gasteiger partial charge in [0.15, 0.2) is 0 Å². The third kappa shape index (κ3) is 3.68. The Hall–Kier alpha value is -2.11. The molecule has 1 amide bonds. The highest BCUT2D eigenvalue weighted by molar-refractivity contribution is 6.04. The number of anilines is 1. The summed E-state index contributed by atoms with van der Waals surface area (Å²) in [6, 6.07) is 7.80. The normalized spacial score (nSPS) is 14.2. The molecule has 2 aromatic rings. The number of rotatable bonds is 6. The minimum absolute atomic E-state index is 0.160. The molecule has 0 fully saturated rings. The van der Waals surface area contributed by atoms with Crippen LogP contribution in [0.15, 0.2) is 34.9 Å². The SMILES string of the molecule is CC(C)CCN1Cc2cccc(NC(=O)c3coc(CN)c3)c2C1. The average molecular weight is 327 g/mol. The van der Waals surface area contributed by atoms with E-state index < -0.39 is 0 Å². The van der Waals surface area contributed by atoms with Crippen LogP contribution in [0.5, 0.6) is 0 Å². The predicted molar refractivity (Wildman–Crippen MR) is 94.6 cm³/mol. The maximum atomic E-state index is 12.4. The van der Waals surface area contributed by atoms with Crippen molar-refractivity contribution in [1.82, 2.24) is 4.90 Å². The van der Waals surface area contributed by atoms with Gasteiger partial charge in [-0.3, -0.25) is 9.69 Å². The minimum Gasteiger partial charge on any atom is -0.467 e. The Morgan fingerprint density at radius 3 is 2.92 bits per heavy atom. The van der Waals surface area contributed by atoms with Crippen LogP contribution in [0.2, 0.25) is 0 Å². The molecule has 0 spiro atoms. The number of amides is 1. The number of benzene rings is 1. The lowest BCUT2D eigenvalue weighted by molar-refractivity contribution is 0.102. The van der Waals surface area contributed by atoms with Gasteiger partial charge in [-0.05, 0) is 42.1 Å². The Kier molecular flexibility index (Phi) is 5.02. The first-order valence-electron chi connectivity index (χ1n) is 8.48. The molecule has 1 aliphatic heterocycles. The van der Waals surface area contributed by atoms with Crippen LogP contribution in [-0.2, 0) is 19.6 Å². The zero-order chi connectivity index (χ0) is 17.1. The Morgan fingerprint density at radius 1 is 1.38 bits per heavy atom. The van der Waals surface area contributed by atoms with E-state index in [2.05, 4.69) is 30.1 Å². The lowest BCUT2D eigenvalue weighted by atomic mass is 10.1. The molecule has 0 atom stereocenters. The van der Waals surface area contributed by atoms with Crippen LogP contribution < -0.4 is 11.1 Å². The monoisotopic (exact) mass is 327 g/mol. The summed E-state index contributed by atoms with van der Waals surface area (Å²) in [6.45, 7) is 7.71. The van der Waals surface area contributed by atoms with E-state index in [0.29, 0.717) is 23.8 Å². The highest BCUT2D eigenvalue weighted by Gasteiger charge is 2.22. The smallest absolute Gasteiger partial charge is 0.258 e. The van der Waals surface area contributed by atoms with Gasteiger partial charge in [0.25, 0.3) is 5.91 Å². The molecule has 3 N–H and O–H groups in total. The first-order valence-corrected chi connectivity index (χ1v) is 8.48. The second kappa shape index (κ2) is 7.20. The van der Waals surface area contributed by atoms with Crippen LogP contribution >= 0.6 is 0 Å². The number of hydrogen-bond donors (Lipinski definition) is 2. The highest BCUT2D eigenvalue weighted by Crippen LogP contribution is 2.30.